The molecule has 0 unspecified atom stereocenters. The van der Waals surface area contributed by atoms with E-state index in [2.05, 4.69) is 27.5 Å². The van der Waals surface area contributed by atoms with Gasteiger partial charge in [0.2, 0.25) is 11.8 Å². The van der Waals surface area contributed by atoms with Gasteiger partial charge in [0.05, 0.1) is 19.1 Å². The maximum atomic E-state index is 14.4. The molecule has 3 amide bonds. The molecule has 6 atom stereocenters. The number of amides is 3. The van der Waals surface area contributed by atoms with Gasteiger partial charge in [0, 0.05) is 37.7 Å². The number of hydrogen-bond donors (Lipinski definition) is 3. The summed E-state index contributed by atoms with van der Waals surface area (Å²) < 4.78 is 10.7. The second-order valence-electron chi connectivity index (χ2n) is 14.2. The van der Waals surface area contributed by atoms with Crippen LogP contribution in [0.2, 0.25) is 0 Å². The minimum absolute atomic E-state index is 0.124. The highest BCUT2D eigenvalue weighted by molar-refractivity contribution is 7.09. The van der Waals surface area contributed by atoms with E-state index in [1.807, 2.05) is 65.1 Å². The van der Waals surface area contributed by atoms with E-state index in [9.17, 15) is 24.0 Å². The van der Waals surface area contributed by atoms with E-state index in [-0.39, 0.29) is 41.9 Å². The van der Waals surface area contributed by atoms with Gasteiger partial charge in [-0.3, -0.25) is 24.0 Å². The van der Waals surface area contributed by atoms with Crippen molar-refractivity contribution in [2.24, 2.45) is 11.8 Å². The third-order valence-corrected chi connectivity index (χ3v) is 10.4. The van der Waals surface area contributed by atoms with Crippen molar-refractivity contribution >= 4 is 41.0 Å². The highest BCUT2D eigenvalue weighted by Gasteiger charge is 2.36. The van der Waals surface area contributed by atoms with Crippen LogP contribution < -0.4 is 16.0 Å². The fourth-order valence-corrected chi connectivity index (χ4v) is 7.18. The first-order valence-electron chi connectivity index (χ1n) is 19.2. The van der Waals surface area contributed by atoms with Crippen LogP contribution in [0.25, 0.3) is 0 Å². The molecule has 0 spiro atoms. The van der Waals surface area contributed by atoms with Gasteiger partial charge < -0.3 is 30.3 Å². The van der Waals surface area contributed by atoms with Gasteiger partial charge in [-0.1, -0.05) is 83.0 Å². The molecule has 13 heteroatoms. The summed E-state index contributed by atoms with van der Waals surface area (Å²) in [7, 11) is 3.24. The molecule has 2 aromatic rings. The molecule has 2 rings (SSSR count). The van der Waals surface area contributed by atoms with Crippen molar-refractivity contribution in [3.05, 3.63) is 64.1 Å². The predicted molar refractivity (Wildman–Crippen MR) is 213 cm³/mol. The molecule has 0 bridgehead atoms. The average Bonchev–Trinajstić information content (AvgIpc) is 3.64. The molecule has 300 valence electrons. The second-order valence-corrected chi connectivity index (χ2v) is 15.1. The van der Waals surface area contributed by atoms with Crippen LogP contribution in [-0.2, 0) is 35.1 Å². The summed E-state index contributed by atoms with van der Waals surface area (Å²) in [5.74, 6) is -2.26. The lowest BCUT2D eigenvalue weighted by Gasteiger charge is -2.37. The molecule has 0 saturated heterocycles. The number of hydrogen-bond acceptors (Lipinski definition) is 10. The van der Waals surface area contributed by atoms with Crippen LogP contribution >= 0.6 is 11.3 Å². The highest BCUT2D eigenvalue weighted by atomic mass is 32.1. The molecule has 3 N–H and O–H groups in total. The lowest BCUT2D eigenvalue weighted by atomic mass is 9.94. The quantitative estimate of drug-likeness (QED) is 0.0611. The van der Waals surface area contributed by atoms with Crippen LogP contribution in [0.1, 0.15) is 120 Å². The first-order valence-corrected chi connectivity index (χ1v) is 20.1. The third-order valence-electron chi connectivity index (χ3n) is 9.50. The van der Waals surface area contributed by atoms with E-state index < -0.39 is 36.0 Å². The van der Waals surface area contributed by atoms with Crippen molar-refractivity contribution in [1.29, 1.82) is 0 Å². The molecule has 0 radical (unpaired) electrons. The third kappa shape index (κ3) is 15.3. The molecule has 54 heavy (non-hydrogen) atoms. The predicted octanol–water partition coefficient (Wildman–Crippen LogP) is 6.17. The molecule has 0 aliphatic heterocycles. The van der Waals surface area contributed by atoms with Gasteiger partial charge in [-0.15, -0.1) is 11.3 Å². The second kappa shape index (κ2) is 24.3. The molecule has 0 aliphatic rings. The SMILES string of the molecule is C=C(C)[C@@H](C[C@@H](OC(C)=O)c1nc(C(=O)N[C@@H](Cc2ccccc2)C[C@H](C)C(=O)OC)cs1)N(CCC)C(=O)[C@@H](NC(=O)CCCCCNC)[C@@H](C)CC. The van der Waals surface area contributed by atoms with Crippen LogP contribution in [0.15, 0.2) is 47.9 Å². The Morgan fingerprint density at radius 3 is 2.28 bits per heavy atom. The number of esters is 2. The molecule has 0 saturated carbocycles. The van der Waals surface area contributed by atoms with Crippen molar-refractivity contribution in [2.45, 2.75) is 124 Å². The smallest absolute Gasteiger partial charge is 0.308 e. The summed E-state index contributed by atoms with van der Waals surface area (Å²) >= 11 is 1.19. The van der Waals surface area contributed by atoms with E-state index in [1.54, 1.807) is 17.2 Å². The Morgan fingerprint density at radius 1 is 0.981 bits per heavy atom. The number of unbranched alkanes of at least 4 members (excludes halogenated alkanes) is 2. The van der Waals surface area contributed by atoms with Crippen LogP contribution in [-0.4, -0.2) is 84.9 Å². The number of methoxy groups -OCH3 is 1. The zero-order chi connectivity index (χ0) is 40.2. The maximum absolute atomic E-state index is 14.4. The topological polar surface area (TPSA) is 156 Å². The number of aromatic nitrogens is 1. The first kappa shape index (κ1) is 46.1. The summed E-state index contributed by atoms with van der Waals surface area (Å²) in [5.41, 5.74) is 1.83. The maximum Gasteiger partial charge on any atom is 0.308 e. The summed E-state index contributed by atoms with van der Waals surface area (Å²) in [4.78, 5) is 72.1. The van der Waals surface area contributed by atoms with Gasteiger partial charge in [-0.05, 0) is 64.1 Å². The zero-order valence-electron chi connectivity index (χ0n) is 33.6. The van der Waals surface area contributed by atoms with Gasteiger partial charge in [-0.2, -0.15) is 0 Å². The number of rotatable bonds is 25. The Balaban J connectivity index is 2.35. The molecule has 1 aromatic heterocycles. The normalized spacial score (nSPS) is 14.4. The number of thiazole rings is 1. The Bertz CT molecular complexity index is 1500. The van der Waals surface area contributed by atoms with Gasteiger partial charge in [0.25, 0.3) is 5.91 Å². The molecule has 12 nitrogen and oxygen atoms in total. The van der Waals surface area contributed by atoms with Crippen LogP contribution in [0.3, 0.4) is 0 Å². The minimum atomic E-state index is -0.878. The molecule has 0 fully saturated rings. The highest BCUT2D eigenvalue weighted by Crippen LogP contribution is 2.31. The van der Waals surface area contributed by atoms with E-state index in [1.165, 1.54) is 25.4 Å². The van der Waals surface area contributed by atoms with E-state index in [0.717, 1.165) is 31.4 Å². The summed E-state index contributed by atoms with van der Waals surface area (Å²) in [6, 6.07) is 8.00. The number of carbonyl (C=O) groups is 5. The minimum Gasteiger partial charge on any atom is -0.469 e. The largest absolute Gasteiger partial charge is 0.469 e. The molecular formula is C41H63N5O7S. The van der Waals surface area contributed by atoms with Crippen LogP contribution in [0.4, 0.5) is 0 Å². The lowest BCUT2D eigenvalue weighted by molar-refractivity contribution is -0.148. The van der Waals surface area contributed by atoms with E-state index in [4.69, 9.17) is 9.47 Å². The van der Waals surface area contributed by atoms with Gasteiger partial charge in [-0.25, -0.2) is 4.98 Å². The Kier molecular flexibility index (Phi) is 20.8. The number of ether oxygens (including phenoxy) is 2. The van der Waals surface area contributed by atoms with Gasteiger partial charge in [0.15, 0.2) is 6.10 Å². The number of carbonyl (C=O) groups excluding carboxylic acids is 5. The van der Waals surface area contributed by atoms with Gasteiger partial charge >= 0.3 is 11.9 Å². The Labute approximate surface area is 326 Å². The van der Waals surface area contributed by atoms with Crippen molar-refractivity contribution in [2.75, 3.05) is 27.2 Å². The van der Waals surface area contributed by atoms with Crippen LogP contribution in [0, 0.1) is 11.8 Å². The summed E-state index contributed by atoms with van der Waals surface area (Å²) in [6.07, 6.45) is 4.44. The summed E-state index contributed by atoms with van der Waals surface area (Å²) in [6.45, 7) is 16.3. The lowest BCUT2D eigenvalue weighted by Crippen LogP contribution is -2.55. The van der Waals surface area contributed by atoms with Crippen molar-refractivity contribution in [1.82, 2.24) is 25.8 Å². The standard InChI is InChI=1S/C41H63N5O7S/c1-10-22-46(40(50)37(28(5)11-2)45-36(48)20-16-13-17-21-42-8)34(27(3)4)25-35(53-30(7)47)39-44-33(26-54-39)38(49)43-32(23-29(6)41(51)52-9)24-31-18-14-12-15-19-31/h12,14-15,18-19,26,28-29,32,34-35,37,42H,3,10-11,13,16-17,20-25H2,1-2,4-9H3,(H,43,49)(H,45,48)/t28-,29-,32+,34+,35+,37-/m0/s1. The van der Waals surface area contributed by atoms with E-state index >= 15 is 0 Å². The fourth-order valence-electron chi connectivity index (χ4n) is 6.34. The zero-order valence-corrected chi connectivity index (χ0v) is 34.4. The summed E-state index contributed by atoms with van der Waals surface area (Å²) in [5, 5.41) is 11.2. The van der Waals surface area contributed by atoms with Crippen molar-refractivity contribution < 1.29 is 33.4 Å². The van der Waals surface area contributed by atoms with Crippen molar-refractivity contribution in [3.63, 3.8) is 0 Å². The van der Waals surface area contributed by atoms with Crippen LogP contribution in [0.5, 0.6) is 0 Å². The molecule has 1 heterocycles. The number of nitrogens with zero attached hydrogens (tertiary/aromatic N) is 2. The fraction of sp³-hybridized carbons (Fsp3) is 0.610. The first-order chi connectivity index (χ1) is 25.8. The van der Waals surface area contributed by atoms with Crippen molar-refractivity contribution in [3.8, 4) is 0 Å². The average molecular weight is 770 g/mol. The number of benzene rings is 1. The Morgan fingerprint density at radius 2 is 1.69 bits per heavy atom. The molecule has 1 aromatic carbocycles. The van der Waals surface area contributed by atoms with Gasteiger partial charge in [0.1, 0.15) is 16.7 Å². The monoisotopic (exact) mass is 769 g/mol. The molecular weight excluding hydrogens is 707 g/mol. The Hall–Kier alpha value is -4.10. The molecule has 0 aliphatic carbocycles. The van der Waals surface area contributed by atoms with E-state index in [0.29, 0.717) is 49.2 Å². The number of nitrogens with one attached hydrogen (secondary N) is 3.